The maximum atomic E-state index is 12.9. The quantitative estimate of drug-likeness (QED) is 0.795. The van der Waals surface area contributed by atoms with Crippen molar-refractivity contribution in [2.24, 2.45) is 0 Å². The highest BCUT2D eigenvalue weighted by Gasteiger charge is 2.40. The summed E-state index contributed by atoms with van der Waals surface area (Å²) in [7, 11) is 0. The van der Waals surface area contributed by atoms with Gasteiger partial charge in [-0.3, -0.25) is 4.79 Å². The predicted octanol–water partition coefficient (Wildman–Crippen LogP) is 4.41. The van der Waals surface area contributed by atoms with Crippen LogP contribution in [0.4, 0.5) is 5.69 Å². The van der Waals surface area contributed by atoms with Crippen molar-refractivity contribution in [2.45, 2.75) is 71.0 Å². The molecule has 25 heavy (non-hydrogen) atoms. The molecule has 1 amide bonds. The first-order valence-corrected chi connectivity index (χ1v) is 9.21. The summed E-state index contributed by atoms with van der Waals surface area (Å²) >= 11 is 0. The lowest BCUT2D eigenvalue weighted by atomic mass is 9.83. The minimum atomic E-state index is -0.772. The van der Waals surface area contributed by atoms with E-state index in [0.29, 0.717) is 23.6 Å². The lowest BCUT2D eigenvalue weighted by Crippen LogP contribution is -2.47. The van der Waals surface area contributed by atoms with Gasteiger partial charge in [0.1, 0.15) is 17.4 Å². The van der Waals surface area contributed by atoms with Crippen LogP contribution >= 0.6 is 0 Å². The Kier molecular flexibility index (Phi) is 6.83. The molecule has 1 N–H and O–H groups in total. The van der Waals surface area contributed by atoms with Gasteiger partial charge in [-0.15, -0.1) is 0 Å². The van der Waals surface area contributed by atoms with Crippen LogP contribution in [-0.2, 0) is 9.53 Å². The Bertz CT molecular complexity index is 625. The second kappa shape index (κ2) is 8.87. The van der Waals surface area contributed by atoms with Gasteiger partial charge < -0.3 is 14.8 Å². The zero-order chi connectivity index (χ0) is 18.3. The van der Waals surface area contributed by atoms with Gasteiger partial charge in [0.05, 0.1) is 17.4 Å². The van der Waals surface area contributed by atoms with Gasteiger partial charge in [0.2, 0.25) is 0 Å². The summed E-state index contributed by atoms with van der Waals surface area (Å²) in [4.78, 5) is 12.9. The van der Waals surface area contributed by atoms with E-state index >= 15 is 0 Å². The molecule has 5 heteroatoms. The van der Waals surface area contributed by atoms with Crippen molar-refractivity contribution in [3.05, 3.63) is 23.8 Å². The smallest absolute Gasteiger partial charge is 0.256 e. The van der Waals surface area contributed by atoms with Gasteiger partial charge in [-0.25, -0.2) is 0 Å². The van der Waals surface area contributed by atoms with Crippen LogP contribution in [0.5, 0.6) is 5.75 Å². The fraction of sp³-hybridized carbons (Fsp3) is 0.600. The molecule has 2 rings (SSSR count). The van der Waals surface area contributed by atoms with E-state index in [-0.39, 0.29) is 12.0 Å². The Labute approximate surface area is 150 Å². The van der Waals surface area contributed by atoms with Crippen molar-refractivity contribution in [3.63, 3.8) is 0 Å². The second-order valence-electron chi connectivity index (χ2n) is 6.60. The Hall–Kier alpha value is -2.06. The first kappa shape index (κ1) is 19.3. The fourth-order valence-electron chi connectivity index (χ4n) is 3.19. The summed E-state index contributed by atoms with van der Waals surface area (Å²) in [6, 6.07) is 7.34. The molecule has 5 nitrogen and oxygen atoms in total. The molecule has 1 aromatic carbocycles. The van der Waals surface area contributed by atoms with Crippen molar-refractivity contribution in [1.82, 2.24) is 0 Å². The van der Waals surface area contributed by atoms with Gasteiger partial charge in [-0.2, -0.15) is 5.26 Å². The average molecular weight is 344 g/mol. The Balaban J connectivity index is 2.17. The Morgan fingerprint density at radius 3 is 2.64 bits per heavy atom. The van der Waals surface area contributed by atoms with Crippen molar-refractivity contribution in [2.75, 3.05) is 11.9 Å². The zero-order valence-corrected chi connectivity index (χ0v) is 15.4. The van der Waals surface area contributed by atoms with E-state index in [1.165, 1.54) is 0 Å². The normalized spacial score (nSPS) is 17.4. The van der Waals surface area contributed by atoms with Crippen LogP contribution in [0.3, 0.4) is 0 Å². The third-order valence-corrected chi connectivity index (χ3v) is 4.77. The standard InChI is InChI=1S/C20H28N2O3/c1-4-15(3)25-17-9-10-18(16(13-17)14-21)22-19(23)20(24-5-2)11-7-6-8-12-20/h9-10,13,15H,4-8,11-12H2,1-3H3,(H,22,23)/t15-/m0/s1. The molecule has 1 aliphatic rings. The van der Waals surface area contributed by atoms with Crippen LogP contribution in [0.2, 0.25) is 0 Å². The zero-order valence-electron chi connectivity index (χ0n) is 15.4. The third kappa shape index (κ3) is 4.73. The fourth-order valence-corrected chi connectivity index (χ4v) is 3.19. The molecule has 136 valence electrons. The number of carbonyl (C=O) groups is 1. The number of carbonyl (C=O) groups excluding carboxylic acids is 1. The first-order chi connectivity index (χ1) is 12.0. The van der Waals surface area contributed by atoms with Crippen LogP contribution in [0.25, 0.3) is 0 Å². The number of nitriles is 1. The molecule has 1 fully saturated rings. The number of nitrogens with one attached hydrogen (secondary N) is 1. The van der Waals surface area contributed by atoms with E-state index in [4.69, 9.17) is 9.47 Å². The number of benzene rings is 1. The highest BCUT2D eigenvalue weighted by Crippen LogP contribution is 2.33. The highest BCUT2D eigenvalue weighted by atomic mass is 16.5. The van der Waals surface area contributed by atoms with Crippen LogP contribution in [0, 0.1) is 11.3 Å². The number of ether oxygens (including phenoxy) is 2. The van der Waals surface area contributed by atoms with Crippen molar-refractivity contribution >= 4 is 11.6 Å². The number of hydrogen-bond acceptors (Lipinski definition) is 4. The maximum Gasteiger partial charge on any atom is 0.256 e. The van der Waals surface area contributed by atoms with E-state index < -0.39 is 5.60 Å². The summed E-state index contributed by atoms with van der Waals surface area (Å²) in [6.07, 6.45) is 5.52. The van der Waals surface area contributed by atoms with Gasteiger partial charge in [0.25, 0.3) is 5.91 Å². The number of hydrogen-bond donors (Lipinski definition) is 1. The average Bonchev–Trinajstić information content (AvgIpc) is 2.63. The molecule has 1 aromatic rings. The predicted molar refractivity (Wildman–Crippen MR) is 97.6 cm³/mol. The number of rotatable bonds is 7. The molecule has 0 spiro atoms. The molecule has 0 bridgehead atoms. The maximum absolute atomic E-state index is 12.9. The van der Waals surface area contributed by atoms with Crippen LogP contribution < -0.4 is 10.1 Å². The monoisotopic (exact) mass is 344 g/mol. The minimum absolute atomic E-state index is 0.0791. The minimum Gasteiger partial charge on any atom is -0.491 e. The second-order valence-corrected chi connectivity index (χ2v) is 6.60. The molecular formula is C20H28N2O3. The molecule has 1 atom stereocenters. The van der Waals surface area contributed by atoms with Gasteiger partial charge >= 0.3 is 0 Å². The summed E-state index contributed by atoms with van der Waals surface area (Å²) in [5.74, 6) is 0.488. The molecule has 1 saturated carbocycles. The molecule has 0 aromatic heterocycles. The van der Waals surface area contributed by atoms with Gasteiger partial charge in [0.15, 0.2) is 0 Å². The summed E-state index contributed by atoms with van der Waals surface area (Å²) < 4.78 is 11.6. The molecule has 1 aliphatic carbocycles. The van der Waals surface area contributed by atoms with E-state index in [1.54, 1.807) is 18.2 Å². The van der Waals surface area contributed by atoms with E-state index in [0.717, 1.165) is 38.5 Å². The molecule has 0 aliphatic heterocycles. The molecule has 0 radical (unpaired) electrons. The summed E-state index contributed by atoms with van der Waals surface area (Å²) in [5.41, 5.74) is 0.135. The lowest BCUT2D eigenvalue weighted by molar-refractivity contribution is -0.145. The Morgan fingerprint density at radius 1 is 1.32 bits per heavy atom. The van der Waals surface area contributed by atoms with Crippen LogP contribution in [0.1, 0.15) is 64.9 Å². The first-order valence-electron chi connectivity index (χ1n) is 9.21. The van der Waals surface area contributed by atoms with Crippen LogP contribution in [-0.4, -0.2) is 24.2 Å². The third-order valence-electron chi connectivity index (χ3n) is 4.77. The van der Waals surface area contributed by atoms with E-state index in [9.17, 15) is 10.1 Å². The van der Waals surface area contributed by atoms with Crippen molar-refractivity contribution < 1.29 is 14.3 Å². The van der Waals surface area contributed by atoms with Gasteiger partial charge in [-0.1, -0.05) is 26.2 Å². The highest BCUT2D eigenvalue weighted by molar-refractivity contribution is 5.98. The SMILES string of the molecule is CCOC1(C(=O)Nc2ccc(O[C@@H](C)CC)cc2C#N)CCCCC1. The number of amides is 1. The number of anilines is 1. The molecule has 0 saturated heterocycles. The van der Waals surface area contributed by atoms with Crippen LogP contribution in [0.15, 0.2) is 18.2 Å². The summed E-state index contributed by atoms with van der Waals surface area (Å²) in [5, 5.41) is 12.3. The number of nitrogens with zero attached hydrogens (tertiary/aromatic N) is 1. The van der Waals surface area contributed by atoms with Gasteiger partial charge in [-0.05, 0) is 45.2 Å². The van der Waals surface area contributed by atoms with E-state index in [1.807, 2.05) is 20.8 Å². The molecule has 0 unspecified atom stereocenters. The summed E-state index contributed by atoms with van der Waals surface area (Å²) in [6.45, 7) is 6.43. The molecule has 0 heterocycles. The van der Waals surface area contributed by atoms with Crippen molar-refractivity contribution in [3.8, 4) is 11.8 Å². The Morgan fingerprint density at radius 2 is 2.04 bits per heavy atom. The van der Waals surface area contributed by atoms with E-state index in [2.05, 4.69) is 11.4 Å². The largest absolute Gasteiger partial charge is 0.491 e. The molecular weight excluding hydrogens is 316 g/mol. The van der Waals surface area contributed by atoms with Gasteiger partial charge in [0, 0.05) is 12.7 Å². The lowest BCUT2D eigenvalue weighted by Gasteiger charge is -2.35. The van der Waals surface area contributed by atoms with Crippen molar-refractivity contribution in [1.29, 1.82) is 5.26 Å². The topological polar surface area (TPSA) is 71.3 Å².